The summed E-state index contributed by atoms with van der Waals surface area (Å²) in [5.74, 6) is 0. The van der Waals surface area contributed by atoms with Gasteiger partial charge in [-0.2, -0.15) is 0 Å². The van der Waals surface area contributed by atoms with Crippen LogP contribution < -0.4 is 15.4 Å². The van der Waals surface area contributed by atoms with Gasteiger partial charge in [-0.15, -0.1) is 0 Å². The molecule has 0 bridgehead atoms. The van der Waals surface area contributed by atoms with Crippen molar-refractivity contribution in [2.45, 2.75) is 16.9 Å². The Kier molecular flexibility index (Phi) is 5.59. The van der Waals surface area contributed by atoms with E-state index in [1.807, 2.05) is 0 Å². The molecule has 0 spiro atoms. The van der Waals surface area contributed by atoms with Crippen LogP contribution in [0.5, 0.6) is 0 Å². The molecule has 2 rings (SSSR count). The van der Waals surface area contributed by atoms with Crippen LogP contribution in [0.25, 0.3) is 0 Å². The molecule has 1 aromatic carbocycles. The van der Waals surface area contributed by atoms with E-state index in [9.17, 15) is 13.5 Å². The zero-order valence-corrected chi connectivity index (χ0v) is 13.2. The number of hydrogen-bond donors (Lipinski definition) is 4. The van der Waals surface area contributed by atoms with E-state index in [-0.39, 0.29) is 11.4 Å². The van der Waals surface area contributed by atoms with Gasteiger partial charge < -0.3 is 15.7 Å². The zero-order chi connectivity index (χ0) is 15.3. The molecule has 0 unspecified atom stereocenters. The summed E-state index contributed by atoms with van der Waals surface area (Å²) in [4.78, 5) is 0.186. The van der Waals surface area contributed by atoms with Crippen molar-refractivity contribution in [1.29, 1.82) is 0 Å². The summed E-state index contributed by atoms with van der Waals surface area (Å²) in [6.45, 7) is 2.53. The maximum atomic E-state index is 12.0. The van der Waals surface area contributed by atoms with Gasteiger partial charge in [-0.1, -0.05) is 11.6 Å². The molecule has 1 heterocycles. The van der Waals surface area contributed by atoms with Gasteiger partial charge in [-0.05, 0) is 37.2 Å². The van der Waals surface area contributed by atoms with Gasteiger partial charge in [0.1, 0.15) is 0 Å². The van der Waals surface area contributed by atoms with Crippen LogP contribution in [-0.4, -0.2) is 51.8 Å². The monoisotopic (exact) mass is 333 g/mol. The van der Waals surface area contributed by atoms with E-state index in [2.05, 4.69) is 15.4 Å². The molecular formula is C13H20ClN3O3S. The third kappa shape index (κ3) is 4.91. The van der Waals surface area contributed by atoms with Crippen molar-refractivity contribution in [2.24, 2.45) is 0 Å². The van der Waals surface area contributed by atoms with Gasteiger partial charge in [-0.3, -0.25) is 0 Å². The first-order chi connectivity index (χ1) is 9.91. The quantitative estimate of drug-likeness (QED) is 0.525. The van der Waals surface area contributed by atoms with Gasteiger partial charge in [0.2, 0.25) is 10.0 Å². The van der Waals surface area contributed by atoms with E-state index in [0.29, 0.717) is 31.1 Å². The highest BCUT2D eigenvalue weighted by Gasteiger charge is 2.30. The van der Waals surface area contributed by atoms with Crippen LogP contribution in [0.15, 0.2) is 29.2 Å². The Morgan fingerprint density at radius 1 is 1.29 bits per heavy atom. The minimum atomic E-state index is -3.52. The second-order valence-electron chi connectivity index (χ2n) is 5.18. The van der Waals surface area contributed by atoms with Crippen molar-refractivity contribution in [3.8, 4) is 0 Å². The van der Waals surface area contributed by atoms with Crippen LogP contribution in [0.4, 0.5) is 0 Å². The lowest BCUT2D eigenvalue weighted by molar-refractivity contribution is 0.0616. The minimum absolute atomic E-state index is 0.186. The van der Waals surface area contributed by atoms with E-state index < -0.39 is 15.6 Å². The maximum Gasteiger partial charge on any atom is 0.240 e. The van der Waals surface area contributed by atoms with Crippen LogP contribution >= 0.6 is 11.6 Å². The first kappa shape index (κ1) is 16.7. The molecule has 0 amide bonds. The lowest BCUT2D eigenvalue weighted by atomic mass is 10.0. The van der Waals surface area contributed by atoms with E-state index in [1.165, 1.54) is 24.3 Å². The lowest BCUT2D eigenvalue weighted by Crippen LogP contribution is -2.44. The Labute approximate surface area is 129 Å². The zero-order valence-electron chi connectivity index (χ0n) is 11.6. The molecule has 0 radical (unpaired) electrons. The van der Waals surface area contributed by atoms with Crippen molar-refractivity contribution < 1.29 is 13.5 Å². The van der Waals surface area contributed by atoms with Crippen LogP contribution in [-0.2, 0) is 10.0 Å². The fourth-order valence-electron chi connectivity index (χ4n) is 2.17. The SMILES string of the molecule is O=S(=O)(NCCNC[C@@]1(O)CCNC1)c1ccc(Cl)cc1. The van der Waals surface area contributed by atoms with Gasteiger partial charge in [0.25, 0.3) is 0 Å². The smallest absolute Gasteiger partial charge is 0.240 e. The van der Waals surface area contributed by atoms with Gasteiger partial charge in [-0.25, -0.2) is 13.1 Å². The minimum Gasteiger partial charge on any atom is -0.387 e. The predicted octanol–water partition coefficient (Wildman–Crippen LogP) is -0.0677. The van der Waals surface area contributed by atoms with Crippen molar-refractivity contribution in [3.05, 3.63) is 29.3 Å². The fourth-order valence-corrected chi connectivity index (χ4v) is 3.33. The highest BCUT2D eigenvalue weighted by molar-refractivity contribution is 7.89. The van der Waals surface area contributed by atoms with Crippen LogP contribution in [0, 0.1) is 0 Å². The number of rotatable bonds is 7. The first-order valence-corrected chi connectivity index (χ1v) is 8.67. The number of sulfonamides is 1. The third-order valence-electron chi connectivity index (χ3n) is 3.39. The molecule has 1 fully saturated rings. The molecule has 0 saturated carbocycles. The fraction of sp³-hybridized carbons (Fsp3) is 0.538. The Bertz CT molecular complexity index is 557. The van der Waals surface area contributed by atoms with E-state index in [1.54, 1.807) is 0 Å². The largest absolute Gasteiger partial charge is 0.387 e. The summed E-state index contributed by atoms with van der Waals surface area (Å²) in [6.07, 6.45) is 0.705. The average molecular weight is 334 g/mol. The molecule has 21 heavy (non-hydrogen) atoms. The Balaban J connectivity index is 1.73. The number of halogens is 1. The number of aliphatic hydroxyl groups is 1. The molecular weight excluding hydrogens is 314 g/mol. The number of hydrogen-bond acceptors (Lipinski definition) is 5. The van der Waals surface area contributed by atoms with E-state index in [0.717, 1.165) is 6.54 Å². The molecule has 118 valence electrons. The van der Waals surface area contributed by atoms with Crippen molar-refractivity contribution in [1.82, 2.24) is 15.4 Å². The van der Waals surface area contributed by atoms with Crippen LogP contribution in [0.1, 0.15) is 6.42 Å². The Hall–Kier alpha value is -0.700. The molecule has 6 nitrogen and oxygen atoms in total. The van der Waals surface area contributed by atoms with Gasteiger partial charge in [0.05, 0.1) is 10.5 Å². The summed E-state index contributed by atoms with van der Waals surface area (Å²) in [6, 6.07) is 6.00. The van der Waals surface area contributed by atoms with Gasteiger partial charge in [0, 0.05) is 31.2 Å². The van der Waals surface area contributed by atoms with E-state index >= 15 is 0 Å². The molecule has 8 heteroatoms. The average Bonchev–Trinajstić information content (AvgIpc) is 2.86. The third-order valence-corrected chi connectivity index (χ3v) is 5.12. The number of benzene rings is 1. The summed E-state index contributed by atoms with van der Waals surface area (Å²) in [5, 5.41) is 16.7. The summed E-state index contributed by atoms with van der Waals surface area (Å²) in [7, 11) is -3.52. The molecule has 1 aliphatic rings. The van der Waals surface area contributed by atoms with Crippen LogP contribution in [0.2, 0.25) is 5.02 Å². The van der Waals surface area contributed by atoms with E-state index in [4.69, 9.17) is 11.6 Å². The topological polar surface area (TPSA) is 90.5 Å². The maximum absolute atomic E-state index is 12.0. The summed E-state index contributed by atoms with van der Waals surface area (Å²) >= 11 is 5.73. The highest BCUT2D eigenvalue weighted by Crippen LogP contribution is 2.14. The molecule has 0 aliphatic carbocycles. The molecule has 0 aromatic heterocycles. The molecule has 1 aliphatic heterocycles. The second kappa shape index (κ2) is 7.04. The molecule has 1 atom stereocenters. The Morgan fingerprint density at radius 3 is 2.62 bits per heavy atom. The van der Waals surface area contributed by atoms with Crippen molar-refractivity contribution in [2.75, 3.05) is 32.7 Å². The van der Waals surface area contributed by atoms with Crippen molar-refractivity contribution in [3.63, 3.8) is 0 Å². The van der Waals surface area contributed by atoms with Crippen molar-refractivity contribution >= 4 is 21.6 Å². The Morgan fingerprint density at radius 2 is 2.00 bits per heavy atom. The second-order valence-corrected chi connectivity index (χ2v) is 7.38. The van der Waals surface area contributed by atoms with Gasteiger partial charge in [0.15, 0.2) is 0 Å². The molecule has 4 N–H and O–H groups in total. The predicted molar refractivity (Wildman–Crippen MR) is 81.9 cm³/mol. The molecule has 1 aromatic rings. The summed E-state index contributed by atoms with van der Waals surface area (Å²) in [5.41, 5.74) is -0.727. The van der Waals surface area contributed by atoms with Crippen LogP contribution in [0.3, 0.4) is 0 Å². The number of nitrogens with one attached hydrogen (secondary N) is 3. The lowest BCUT2D eigenvalue weighted by Gasteiger charge is -2.21. The standard InChI is InChI=1S/C13H20ClN3O3S/c14-11-1-3-12(4-2-11)21(19,20)17-8-7-16-10-13(18)5-6-15-9-13/h1-4,15-18H,5-10H2/t13-/m1/s1. The first-order valence-electron chi connectivity index (χ1n) is 6.80. The van der Waals surface area contributed by atoms with Gasteiger partial charge >= 0.3 is 0 Å². The number of β-amino-alcohol motifs (C(OH)–C–C–N with tert-alkyl or cyclic N) is 1. The highest BCUT2D eigenvalue weighted by atomic mass is 35.5. The summed E-state index contributed by atoms with van der Waals surface area (Å²) < 4.78 is 26.5. The molecule has 1 saturated heterocycles. The normalized spacial score (nSPS) is 22.6.